The van der Waals surface area contributed by atoms with Gasteiger partial charge in [-0.3, -0.25) is 4.79 Å². The van der Waals surface area contributed by atoms with Crippen molar-refractivity contribution >= 4 is 17.3 Å². The lowest BCUT2D eigenvalue weighted by atomic mass is 10.4. The van der Waals surface area contributed by atoms with Gasteiger partial charge in [-0.15, -0.1) is 0 Å². The summed E-state index contributed by atoms with van der Waals surface area (Å²) in [7, 11) is 0. The van der Waals surface area contributed by atoms with E-state index < -0.39 is 0 Å². The van der Waals surface area contributed by atoms with Crippen LogP contribution in [0.1, 0.15) is 24.6 Å². The number of hydrogen-bond acceptors (Lipinski definition) is 6. The van der Waals surface area contributed by atoms with Crippen molar-refractivity contribution in [2.75, 3.05) is 5.32 Å². The summed E-state index contributed by atoms with van der Waals surface area (Å²) in [6.07, 6.45) is 3.79. The van der Waals surface area contributed by atoms with Gasteiger partial charge in [-0.25, -0.2) is 4.68 Å². The molecule has 8 heteroatoms. The number of aromatic nitrogens is 4. The van der Waals surface area contributed by atoms with Gasteiger partial charge in [0.2, 0.25) is 5.89 Å². The Balaban J connectivity index is 1.78. The average Bonchev–Trinajstić information content (AvgIpc) is 3.14. The normalized spacial score (nSPS) is 14.5. The number of aryl methyl sites for hydroxylation is 1. The van der Waals surface area contributed by atoms with Crippen LogP contribution in [0.4, 0.5) is 5.69 Å². The van der Waals surface area contributed by atoms with E-state index in [4.69, 9.17) is 16.1 Å². The van der Waals surface area contributed by atoms with Gasteiger partial charge in [0.05, 0.1) is 17.8 Å². The minimum absolute atomic E-state index is 0.218. The summed E-state index contributed by atoms with van der Waals surface area (Å²) in [6, 6.07) is 0. The van der Waals surface area contributed by atoms with Crippen molar-refractivity contribution in [1.82, 2.24) is 19.9 Å². The molecule has 0 atom stereocenters. The summed E-state index contributed by atoms with van der Waals surface area (Å²) in [5, 5.41) is 11.1. The van der Waals surface area contributed by atoms with Crippen LogP contribution >= 0.6 is 11.6 Å². The van der Waals surface area contributed by atoms with E-state index in [1.807, 2.05) is 0 Å². The summed E-state index contributed by atoms with van der Waals surface area (Å²) in [6.45, 7) is 2.63. The molecule has 2 aromatic heterocycles. The lowest BCUT2D eigenvalue weighted by Crippen LogP contribution is -2.26. The Morgan fingerprint density at radius 1 is 1.55 bits per heavy atom. The molecule has 0 unspecified atom stereocenters. The number of rotatable bonds is 5. The first-order valence-corrected chi connectivity index (χ1v) is 6.80. The van der Waals surface area contributed by atoms with E-state index in [1.165, 1.54) is 10.9 Å². The van der Waals surface area contributed by atoms with E-state index >= 15 is 0 Å². The number of halogens is 1. The quantitative estimate of drug-likeness (QED) is 0.902. The van der Waals surface area contributed by atoms with Crippen LogP contribution in [0.3, 0.4) is 0 Å². The van der Waals surface area contributed by atoms with Gasteiger partial charge in [0, 0.05) is 13.5 Å². The van der Waals surface area contributed by atoms with Crippen molar-refractivity contribution in [2.45, 2.75) is 32.9 Å². The van der Waals surface area contributed by atoms with Gasteiger partial charge in [0.25, 0.3) is 5.56 Å². The van der Waals surface area contributed by atoms with E-state index in [0.717, 1.165) is 12.8 Å². The lowest BCUT2D eigenvalue weighted by molar-refractivity contribution is 0.388. The van der Waals surface area contributed by atoms with Gasteiger partial charge < -0.3 is 9.84 Å². The molecule has 1 aliphatic rings. The molecule has 0 aromatic carbocycles. The molecule has 0 spiro atoms. The molecule has 2 aromatic rings. The van der Waals surface area contributed by atoms with Crippen LogP contribution in [-0.2, 0) is 13.1 Å². The Bertz CT molecular complexity index is 677. The monoisotopic (exact) mass is 295 g/mol. The van der Waals surface area contributed by atoms with Crippen LogP contribution in [0.15, 0.2) is 15.5 Å². The third kappa shape index (κ3) is 2.82. The fourth-order valence-electron chi connectivity index (χ4n) is 1.88. The minimum atomic E-state index is -0.218. The molecule has 0 saturated heterocycles. The maximum atomic E-state index is 12.3. The van der Waals surface area contributed by atoms with E-state index in [9.17, 15) is 4.79 Å². The zero-order valence-electron chi connectivity index (χ0n) is 11.0. The largest absolute Gasteiger partial charge is 0.372 e. The highest BCUT2D eigenvalue weighted by atomic mass is 35.5. The van der Waals surface area contributed by atoms with Gasteiger partial charge in [-0.05, 0) is 18.8 Å². The van der Waals surface area contributed by atoms with Gasteiger partial charge in [-0.1, -0.05) is 16.8 Å². The molecule has 20 heavy (non-hydrogen) atoms. The molecule has 2 heterocycles. The fraction of sp³-hybridized carbons (Fsp3) is 0.500. The van der Waals surface area contributed by atoms with Crippen molar-refractivity contribution in [3.05, 3.63) is 33.3 Å². The Kier molecular flexibility index (Phi) is 3.43. The Morgan fingerprint density at radius 3 is 3.00 bits per heavy atom. The van der Waals surface area contributed by atoms with Crippen LogP contribution in [0, 0.1) is 12.8 Å². The second kappa shape index (κ2) is 5.24. The molecule has 1 N–H and O–H groups in total. The fourth-order valence-corrected chi connectivity index (χ4v) is 2.08. The SMILES string of the molecule is Cc1nc(CNc2c(Cl)cnn(CC3CC3)c2=O)no1. The zero-order chi connectivity index (χ0) is 14.1. The van der Waals surface area contributed by atoms with Crippen molar-refractivity contribution < 1.29 is 4.52 Å². The third-order valence-corrected chi connectivity index (χ3v) is 3.41. The second-order valence-electron chi connectivity index (χ2n) is 4.88. The average molecular weight is 296 g/mol. The maximum absolute atomic E-state index is 12.3. The number of nitrogens with one attached hydrogen (secondary N) is 1. The predicted octanol–water partition coefficient (Wildman–Crippen LogP) is 1.61. The first-order chi connectivity index (χ1) is 9.63. The van der Waals surface area contributed by atoms with Crippen LogP contribution < -0.4 is 10.9 Å². The summed E-state index contributed by atoms with van der Waals surface area (Å²) in [5.74, 6) is 1.52. The Morgan fingerprint density at radius 2 is 2.35 bits per heavy atom. The maximum Gasteiger partial charge on any atom is 0.291 e. The summed E-state index contributed by atoms with van der Waals surface area (Å²) in [5.41, 5.74) is 0.106. The van der Waals surface area contributed by atoms with Gasteiger partial charge in [-0.2, -0.15) is 10.1 Å². The van der Waals surface area contributed by atoms with Crippen molar-refractivity contribution in [3.8, 4) is 0 Å². The van der Waals surface area contributed by atoms with Crippen molar-refractivity contribution in [1.29, 1.82) is 0 Å². The molecule has 3 rings (SSSR count). The first-order valence-electron chi connectivity index (χ1n) is 6.42. The van der Waals surface area contributed by atoms with E-state index in [2.05, 4.69) is 20.6 Å². The molecule has 7 nitrogen and oxygen atoms in total. The van der Waals surface area contributed by atoms with Crippen molar-refractivity contribution in [2.24, 2.45) is 5.92 Å². The lowest BCUT2D eigenvalue weighted by Gasteiger charge is -2.09. The molecular weight excluding hydrogens is 282 g/mol. The Labute approximate surface area is 119 Å². The molecule has 1 fully saturated rings. The smallest absolute Gasteiger partial charge is 0.291 e. The van der Waals surface area contributed by atoms with E-state index in [-0.39, 0.29) is 12.1 Å². The highest BCUT2D eigenvalue weighted by Crippen LogP contribution is 2.30. The standard InChI is InChI=1S/C12H14ClN5O2/c1-7-16-10(17-20-7)5-14-11-9(13)4-15-18(12(11)19)6-8-2-3-8/h4,8,14H,2-3,5-6H2,1H3. The highest BCUT2D eigenvalue weighted by molar-refractivity contribution is 6.32. The Hall–Kier alpha value is -1.89. The van der Waals surface area contributed by atoms with Crippen LogP contribution in [0.5, 0.6) is 0 Å². The van der Waals surface area contributed by atoms with Gasteiger partial charge >= 0.3 is 0 Å². The molecule has 0 radical (unpaired) electrons. The number of anilines is 1. The molecule has 0 aliphatic heterocycles. The third-order valence-electron chi connectivity index (χ3n) is 3.12. The molecule has 1 aliphatic carbocycles. The van der Waals surface area contributed by atoms with Gasteiger partial charge in [0.1, 0.15) is 5.69 Å². The van der Waals surface area contributed by atoms with Crippen LogP contribution in [0.25, 0.3) is 0 Å². The summed E-state index contributed by atoms with van der Waals surface area (Å²) >= 11 is 6.02. The van der Waals surface area contributed by atoms with E-state index in [0.29, 0.717) is 34.9 Å². The first kappa shape index (κ1) is 13.1. The van der Waals surface area contributed by atoms with Crippen LogP contribution in [0.2, 0.25) is 5.02 Å². The molecule has 106 valence electrons. The molecule has 0 amide bonds. The highest BCUT2D eigenvalue weighted by Gasteiger charge is 2.23. The number of hydrogen-bond donors (Lipinski definition) is 1. The van der Waals surface area contributed by atoms with Gasteiger partial charge in [0.15, 0.2) is 5.82 Å². The molecular formula is C12H14ClN5O2. The van der Waals surface area contributed by atoms with Crippen LogP contribution in [-0.4, -0.2) is 19.9 Å². The molecule has 0 bridgehead atoms. The number of nitrogens with zero attached hydrogens (tertiary/aromatic N) is 4. The molecule has 1 saturated carbocycles. The van der Waals surface area contributed by atoms with E-state index in [1.54, 1.807) is 6.92 Å². The minimum Gasteiger partial charge on any atom is -0.372 e. The topological polar surface area (TPSA) is 85.8 Å². The summed E-state index contributed by atoms with van der Waals surface area (Å²) in [4.78, 5) is 16.3. The van der Waals surface area contributed by atoms with Crippen molar-refractivity contribution in [3.63, 3.8) is 0 Å². The zero-order valence-corrected chi connectivity index (χ0v) is 11.7. The second-order valence-corrected chi connectivity index (χ2v) is 5.29. The predicted molar refractivity (Wildman–Crippen MR) is 72.6 cm³/mol. The summed E-state index contributed by atoms with van der Waals surface area (Å²) < 4.78 is 6.32.